The van der Waals surface area contributed by atoms with Gasteiger partial charge in [-0.25, -0.2) is 4.98 Å². The van der Waals surface area contributed by atoms with Crippen molar-refractivity contribution in [3.05, 3.63) is 64.4 Å². The third kappa shape index (κ3) is 4.80. The van der Waals surface area contributed by atoms with Gasteiger partial charge in [0.15, 0.2) is 5.78 Å². The number of aliphatic carboxylic acids is 1. The third-order valence-electron chi connectivity index (χ3n) is 6.72. The number of benzene rings is 1. The van der Waals surface area contributed by atoms with Crippen LogP contribution in [0.4, 0.5) is 0 Å². The first-order valence-corrected chi connectivity index (χ1v) is 11.8. The molecule has 0 saturated carbocycles. The molecule has 0 aliphatic heterocycles. The highest BCUT2D eigenvalue weighted by atomic mass is 16.5. The molecule has 2 atom stereocenters. The quantitative estimate of drug-likeness (QED) is 0.495. The van der Waals surface area contributed by atoms with E-state index in [-0.39, 0.29) is 11.7 Å². The lowest BCUT2D eigenvalue weighted by molar-refractivity contribution is -0.142. The molecule has 1 heterocycles. The molecule has 1 aromatic carbocycles. The minimum atomic E-state index is -0.776. The molecule has 33 heavy (non-hydrogen) atoms. The van der Waals surface area contributed by atoms with Crippen molar-refractivity contribution >= 4 is 17.3 Å². The number of fused-ring (bicyclic) bond motifs is 1. The molecule has 2 aliphatic rings. The zero-order valence-electron chi connectivity index (χ0n) is 19.5. The van der Waals surface area contributed by atoms with Crippen LogP contribution in [0.2, 0.25) is 0 Å². The van der Waals surface area contributed by atoms with Gasteiger partial charge in [0, 0.05) is 12.0 Å². The minimum Gasteiger partial charge on any atom is -0.492 e. The van der Waals surface area contributed by atoms with Crippen LogP contribution in [0, 0.1) is 12.8 Å². The fourth-order valence-electron chi connectivity index (χ4n) is 4.92. The van der Waals surface area contributed by atoms with E-state index in [9.17, 15) is 14.7 Å². The van der Waals surface area contributed by atoms with Crippen LogP contribution in [0.25, 0.3) is 5.57 Å². The topological polar surface area (TPSA) is 89.6 Å². The molecule has 4 rings (SSSR count). The number of aromatic nitrogens is 1. The summed E-state index contributed by atoms with van der Waals surface area (Å²) >= 11 is 0. The van der Waals surface area contributed by atoms with Crippen molar-refractivity contribution in [2.24, 2.45) is 5.92 Å². The van der Waals surface area contributed by atoms with Gasteiger partial charge < -0.3 is 14.3 Å². The molecule has 0 fully saturated rings. The second-order valence-corrected chi connectivity index (χ2v) is 8.86. The van der Waals surface area contributed by atoms with E-state index < -0.39 is 11.9 Å². The second kappa shape index (κ2) is 9.77. The van der Waals surface area contributed by atoms with Gasteiger partial charge in [-0.3, -0.25) is 9.59 Å². The Morgan fingerprint density at radius 2 is 2.12 bits per heavy atom. The average Bonchev–Trinajstić information content (AvgIpc) is 3.37. The lowest BCUT2D eigenvalue weighted by Gasteiger charge is -2.20. The maximum Gasteiger partial charge on any atom is 0.307 e. The summed E-state index contributed by atoms with van der Waals surface area (Å²) < 4.78 is 11.9. The molecule has 0 amide bonds. The van der Waals surface area contributed by atoms with Crippen LogP contribution in [-0.2, 0) is 17.6 Å². The summed E-state index contributed by atoms with van der Waals surface area (Å²) in [6.07, 6.45) is 11.1. The van der Waals surface area contributed by atoms with Gasteiger partial charge in [0.2, 0.25) is 5.89 Å². The van der Waals surface area contributed by atoms with Gasteiger partial charge in [0.25, 0.3) is 0 Å². The fourth-order valence-corrected chi connectivity index (χ4v) is 4.92. The van der Waals surface area contributed by atoms with E-state index in [0.29, 0.717) is 36.7 Å². The maximum absolute atomic E-state index is 12.4. The number of hydrogen-bond donors (Lipinski definition) is 1. The predicted molar refractivity (Wildman–Crippen MR) is 126 cm³/mol. The number of ketones is 1. The van der Waals surface area contributed by atoms with Crippen molar-refractivity contribution in [1.82, 2.24) is 4.98 Å². The number of carbonyl (C=O) groups excluding carboxylic acids is 1. The second-order valence-electron chi connectivity index (χ2n) is 8.86. The van der Waals surface area contributed by atoms with E-state index in [1.165, 1.54) is 6.92 Å². The molecule has 2 aliphatic carbocycles. The lowest BCUT2D eigenvalue weighted by Crippen LogP contribution is -2.20. The van der Waals surface area contributed by atoms with Gasteiger partial charge in [0.05, 0.1) is 23.8 Å². The molecule has 0 saturated heterocycles. The fraction of sp³-hybridized carbons (Fsp3) is 0.444. The molecule has 2 aromatic rings. The first-order valence-electron chi connectivity index (χ1n) is 11.8. The van der Waals surface area contributed by atoms with E-state index in [1.807, 2.05) is 32.1 Å². The number of Topliss-reactive ketones (excluding diaryl/α,β-unsaturated/α-hetero) is 1. The highest BCUT2D eigenvalue weighted by Gasteiger charge is 2.34. The van der Waals surface area contributed by atoms with Crippen LogP contribution in [0.1, 0.15) is 84.3 Å². The van der Waals surface area contributed by atoms with Crippen molar-refractivity contribution in [2.45, 2.75) is 65.2 Å². The number of rotatable bonds is 9. The van der Waals surface area contributed by atoms with Crippen LogP contribution in [-0.4, -0.2) is 28.4 Å². The number of carboxylic acid groups (broad SMARTS) is 1. The molecule has 6 nitrogen and oxygen atoms in total. The Balaban J connectivity index is 1.50. The first-order chi connectivity index (χ1) is 15.9. The Morgan fingerprint density at radius 3 is 2.79 bits per heavy atom. The van der Waals surface area contributed by atoms with Crippen molar-refractivity contribution in [3.8, 4) is 5.75 Å². The summed E-state index contributed by atoms with van der Waals surface area (Å²) in [6.45, 7) is 5.70. The van der Waals surface area contributed by atoms with Gasteiger partial charge in [-0.15, -0.1) is 0 Å². The molecule has 1 aromatic heterocycles. The molecule has 1 N–H and O–H groups in total. The summed E-state index contributed by atoms with van der Waals surface area (Å²) in [4.78, 5) is 28.7. The average molecular weight is 450 g/mol. The largest absolute Gasteiger partial charge is 0.492 e. The molecule has 2 unspecified atom stereocenters. The monoisotopic (exact) mass is 449 g/mol. The Labute approximate surface area is 194 Å². The number of hydrogen-bond acceptors (Lipinski definition) is 5. The van der Waals surface area contributed by atoms with E-state index in [0.717, 1.165) is 53.8 Å². The molecule has 0 bridgehead atoms. The highest BCUT2D eigenvalue weighted by Crippen LogP contribution is 2.42. The predicted octanol–water partition coefficient (Wildman–Crippen LogP) is 5.68. The van der Waals surface area contributed by atoms with E-state index in [2.05, 4.69) is 17.1 Å². The van der Waals surface area contributed by atoms with Gasteiger partial charge in [0.1, 0.15) is 11.5 Å². The zero-order valence-corrected chi connectivity index (χ0v) is 19.5. The highest BCUT2D eigenvalue weighted by molar-refractivity contribution is 5.97. The van der Waals surface area contributed by atoms with Crippen LogP contribution in [0.15, 0.2) is 34.8 Å². The summed E-state index contributed by atoms with van der Waals surface area (Å²) in [5, 5.41) is 9.61. The minimum absolute atomic E-state index is 0.0611. The summed E-state index contributed by atoms with van der Waals surface area (Å²) in [5.41, 5.74) is 4.43. The standard InChI is InChI=1S/C27H31NO5/c1-4-20(27(30)31)21-11-10-19-14-25(22(16(2)29)15-23(19)21)32-13-12-24-17(3)33-26(28-24)18-8-6-5-7-9-18/h6,8-9,14-15,20-21H,4-5,7,10-13H2,1-3H3,(H,30,31). The van der Waals surface area contributed by atoms with E-state index in [4.69, 9.17) is 9.15 Å². The van der Waals surface area contributed by atoms with Crippen molar-refractivity contribution < 1.29 is 23.8 Å². The number of aryl methyl sites for hydroxylation is 2. The Kier molecular flexibility index (Phi) is 6.82. The number of carbonyl (C=O) groups is 2. The Hall–Kier alpha value is -3.15. The van der Waals surface area contributed by atoms with Gasteiger partial charge >= 0.3 is 5.97 Å². The Morgan fingerprint density at radius 1 is 1.30 bits per heavy atom. The normalized spacial score (nSPS) is 18.0. The molecule has 0 radical (unpaired) electrons. The lowest BCUT2D eigenvalue weighted by atomic mass is 9.84. The molecule has 0 spiro atoms. The van der Waals surface area contributed by atoms with Gasteiger partial charge in [-0.1, -0.05) is 25.2 Å². The zero-order chi connectivity index (χ0) is 23.5. The smallest absolute Gasteiger partial charge is 0.307 e. The van der Waals surface area contributed by atoms with E-state index in [1.54, 1.807) is 0 Å². The van der Waals surface area contributed by atoms with E-state index >= 15 is 0 Å². The number of ether oxygens (including phenoxy) is 1. The molecular formula is C27H31NO5. The van der Waals surface area contributed by atoms with Gasteiger partial charge in [-0.05, 0) is 75.1 Å². The number of nitrogens with zero attached hydrogens (tertiary/aromatic N) is 1. The summed E-state index contributed by atoms with van der Waals surface area (Å²) in [6, 6.07) is 3.79. The number of carboxylic acids is 1. The first kappa shape index (κ1) is 23.0. The molecular weight excluding hydrogens is 418 g/mol. The maximum atomic E-state index is 12.4. The third-order valence-corrected chi connectivity index (χ3v) is 6.72. The van der Waals surface area contributed by atoms with Gasteiger partial charge in [-0.2, -0.15) is 0 Å². The van der Waals surface area contributed by atoms with Crippen LogP contribution >= 0.6 is 0 Å². The van der Waals surface area contributed by atoms with Crippen LogP contribution < -0.4 is 4.74 Å². The van der Waals surface area contributed by atoms with Crippen LogP contribution in [0.5, 0.6) is 5.75 Å². The Bertz CT molecular complexity index is 1120. The van der Waals surface area contributed by atoms with Crippen molar-refractivity contribution in [2.75, 3.05) is 6.61 Å². The summed E-state index contributed by atoms with van der Waals surface area (Å²) in [7, 11) is 0. The molecule has 6 heteroatoms. The van der Waals surface area contributed by atoms with Crippen LogP contribution in [0.3, 0.4) is 0 Å². The SMILES string of the molecule is CCC(C(=O)O)C1CCc2cc(OCCc3nc(C4=CCCC=C4)oc3C)c(C(C)=O)cc21. The van der Waals surface area contributed by atoms with Crippen molar-refractivity contribution in [3.63, 3.8) is 0 Å². The molecule has 174 valence electrons. The summed E-state index contributed by atoms with van der Waals surface area (Å²) in [5.74, 6) is 0.612. The number of oxazole rings is 1. The number of allylic oxidation sites excluding steroid dienone is 4. The van der Waals surface area contributed by atoms with Crippen molar-refractivity contribution in [1.29, 1.82) is 0 Å².